The van der Waals surface area contributed by atoms with Crippen LogP contribution in [0.15, 0.2) is 52.6 Å². The van der Waals surface area contributed by atoms with E-state index in [0.717, 1.165) is 0 Å². The van der Waals surface area contributed by atoms with Crippen molar-refractivity contribution in [3.63, 3.8) is 0 Å². The Balaban J connectivity index is 1.75. The highest BCUT2D eigenvalue weighted by molar-refractivity contribution is 7.89. The standard InChI is InChI=1S/C20H22ClFN6O2S/c1-4-27(5-2)31(29,30)17-10-11-19(23-12-17)25-24-13-18-14(3)26-28(20(18)21)16-8-6-15(22)7-9-16/h6-13H,4-5H2,1-3H3,(H,23,25)/b24-13+. The smallest absolute Gasteiger partial charge is 0.244 e. The Hall–Kier alpha value is -2.82. The fourth-order valence-electron chi connectivity index (χ4n) is 2.89. The molecule has 8 nitrogen and oxygen atoms in total. The van der Waals surface area contributed by atoms with Crippen LogP contribution >= 0.6 is 11.6 Å². The van der Waals surface area contributed by atoms with E-state index in [-0.39, 0.29) is 10.7 Å². The maximum Gasteiger partial charge on any atom is 0.244 e. The molecule has 0 aliphatic heterocycles. The summed E-state index contributed by atoms with van der Waals surface area (Å²) >= 11 is 6.41. The maximum atomic E-state index is 13.1. The van der Waals surface area contributed by atoms with E-state index in [9.17, 15) is 12.8 Å². The summed E-state index contributed by atoms with van der Waals surface area (Å²) in [7, 11) is -3.57. The minimum Gasteiger partial charge on any atom is -0.261 e. The number of nitrogens with one attached hydrogen (secondary N) is 1. The molecule has 0 amide bonds. The van der Waals surface area contributed by atoms with E-state index in [1.54, 1.807) is 32.9 Å². The van der Waals surface area contributed by atoms with Crippen molar-refractivity contribution in [2.24, 2.45) is 5.10 Å². The lowest BCUT2D eigenvalue weighted by molar-refractivity contribution is 0.445. The van der Waals surface area contributed by atoms with Crippen LogP contribution in [0.3, 0.4) is 0 Å². The van der Waals surface area contributed by atoms with Gasteiger partial charge in [0.25, 0.3) is 0 Å². The molecule has 1 aromatic carbocycles. The molecule has 0 spiro atoms. The molecule has 0 aliphatic rings. The van der Waals surface area contributed by atoms with Crippen LogP contribution in [0.4, 0.5) is 10.2 Å². The van der Waals surface area contributed by atoms with Crippen LogP contribution in [-0.2, 0) is 10.0 Å². The van der Waals surface area contributed by atoms with E-state index in [0.29, 0.717) is 41.0 Å². The number of hydrogen-bond donors (Lipinski definition) is 1. The minimum atomic E-state index is -3.57. The predicted molar refractivity (Wildman–Crippen MR) is 119 cm³/mol. The van der Waals surface area contributed by atoms with Crippen LogP contribution in [0.2, 0.25) is 5.15 Å². The largest absolute Gasteiger partial charge is 0.261 e. The van der Waals surface area contributed by atoms with Crippen molar-refractivity contribution in [2.45, 2.75) is 25.7 Å². The van der Waals surface area contributed by atoms with E-state index < -0.39 is 10.0 Å². The number of aromatic nitrogens is 3. The summed E-state index contributed by atoms with van der Waals surface area (Å²) < 4.78 is 41.0. The minimum absolute atomic E-state index is 0.116. The molecule has 2 aromatic heterocycles. The zero-order chi connectivity index (χ0) is 22.6. The third-order valence-electron chi connectivity index (χ3n) is 4.57. The number of sulfonamides is 1. The van der Waals surface area contributed by atoms with Crippen LogP contribution in [0.25, 0.3) is 5.69 Å². The Morgan fingerprint density at radius 2 is 1.87 bits per heavy atom. The molecular formula is C20H22ClFN6O2S. The zero-order valence-corrected chi connectivity index (χ0v) is 18.8. The van der Waals surface area contributed by atoms with E-state index in [1.807, 2.05) is 0 Å². The zero-order valence-electron chi connectivity index (χ0n) is 17.2. The van der Waals surface area contributed by atoms with E-state index in [1.165, 1.54) is 45.7 Å². The van der Waals surface area contributed by atoms with Gasteiger partial charge in [0.15, 0.2) is 0 Å². The van der Waals surface area contributed by atoms with Gasteiger partial charge in [0.05, 0.1) is 23.2 Å². The average Bonchev–Trinajstić information content (AvgIpc) is 3.03. The first kappa shape index (κ1) is 22.9. The van der Waals surface area contributed by atoms with Crippen molar-refractivity contribution in [1.29, 1.82) is 0 Å². The van der Waals surface area contributed by atoms with Gasteiger partial charge < -0.3 is 0 Å². The average molecular weight is 465 g/mol. The normalized spacial score (nSPS) is 12.1. The lowest BCUT2D eigenvalue weighted by Crippen LogP contribution is -2.30. The number of benzene rings is 1. The second-order valence-corrected chi connectivity index (χ2v) is 8.81. The molecule has 11 heteroatoms. The van der Waals surface area contributed by atoms with Gasteiger partial charge in [0, 0.05) is 19.3 Å². The molecule has 0 saturated carbocycles. The number of nitrogens with zero attached hydrogens (tertiary/aromatic N) is 5. The topological polar surface area (TPSA) is 92.5 Å². The van der Waals surface area contributed by atoms with Gasteiger partial charge >= 0.3 is 0 Å². The summed E-state index contributed by atoms with van der Waals surface area (Å²) in [4.78, 5) is 4.23. The van der Waals surface area contributed by atoms with Crippen LogP contribution < -0.4 is 5.43 Å². The Kier molecular flexibility index (Phi) is 7.04. The molecule has 0 unspecified atom stereocenters. The fraction of sp³-hybridized carbons (Fsp3) is 0.250. The summed E-state index contributed by atoms with van der Waals surface area (Å²) in [5, 5.41) is 8.80. The van der Waals surface area contributed by atoms with Gasteiger partial charge in [-0.3, -0.25) is 5.43 Å². The summed E-state index contributed by atoms with van der Waals surface area (Å²) in [5.74, 6) is 0.0209. The van der Waals surface area contributed by atoms with E-state index >= 15 is 0 Å². The summed E-state index contributed by atoms with van der Waals surface area (Å²) in [6.07, 6.45) is 2.78. The third kappa shape index (κ3) is 4.92. The summed E-state index contributed by atoms with van der Waals surface area (Å²) in [5.41, 5.74) is 4.58. The Bertz CT molecular complexity index is 1170. The number of rotatable bonds is 8. The van der Waals surface area contributed by atoms with Gasteiger partial charge in [-0.2, -0.15) is 14.5 Å². The molecule has 0 radical (unpaired) electrons. The van der Waals surface area contributed by atoms with Crippen molar-refractivity contribution in [3.05, 3.63) is 64.8 Å². The van der Waals surface area contributed by atoms with Crippen molar-refractivity contribution in [3.8, 4) is 5.69 Å². The molecule has 0 bridgehead atoms. The van der Waals surface area contributed by atoms with Gasteiger partial charge in [-0.15, -0.1) is 0 Å². The van der Waals surface area contributed by atoms with Gasteiger partial charge in [-0.25, -0.2) is 22.5 Å². The molecule has 1 N–H and O–H groups in total. The van der Waals surface area contributed by atoms with Crippen molar-refractivity contribution in [1.82, 2.24) is 19.1 Å². The molecule has 2 heterocycles. The third-order valence-corrected chi connectivity index (χ3v) is 6.97. The monoisotopic (exact) mass is 464 g/mol. The first-order chi connectivity index (χ1) is 14.8. The molecule has 0 saturated heterocycles. The van der Waals surface area contributed by atoms with Crippen molar-refractivity contribution < 1.29 is 12.8 Å². The van der Waals surface area contributed by atoms with Crippen LogP contribution in [0.5, 0.6) is 0 Å². The van der Waals surface area contributed by atoms with Gasteiger partial charge in [-0.05, 0) is 43.3 Å². The fourth-order valence-corrected chi connectivity index (χ4v) is 4.61. The lowest BCUT2D eigenvalue weighted by atomic mass is 10.3. The molecule has 0 aliphatic carbocycles. The SMILES string of the molecule is CCN(CC)S(=O)(=O)c1ccc(N/N=C/c2c(C)nn(-c3ccc(F)cc3)c2Cl)nc1. The molecule has 3 aromatic rings. The molecular weight excluding hydrogens is 443 g/mol. The number of hydrazone groups is 1. The number of aryl methyl sites for hydroxylation is 1. The van der Waals surface area contributed by atoms with Crippen LogP contribution in [0, 0.1) is 12.7 Å². The van der Waals surface area contributed by atoms with Gasteiger partial charge in [0.2, 0.25) is 10.0 Å². The highest BCUT2D eigenvalue weighted by Gasteiger charge is 2.21. The summed E-state index contributed by atoms with van der Waals surface area (Å²) in [6, 6.07) is 8.81. The molecule has 31 heavy (non-hydrogen) atoms. The maximum absolute atomic E-state index is 13.1. The predicted octanol–water partition coefficient (Wildman–Crippen LogP) is 3.84. The highest BCUT2D eigenvalue weighted by atomic mass is 35.5. The second kappa shape index (κ2) is 9.54. The number of pyridine rings is 1. The quantitative estimate of drug-likeness (QED) is 0.404. The van der Waals surface area contributed by atoms with Crippen LogP contribution in [-0.4, -0.2) is 46.8 Å². The van der Waals surface area contributed by atoms with Crippen LogP contribution in [0.1, 0.15) is 25.1 Å². The van der Waals surface area contributed by atoms with Crippen molar-refractivity contribution >= 4 is 33.7 Å². The molecule has 3 rings (SSSR count). The number of hydrogen-bond acceptors (Lipinski definition) is 6. The first-order valence-corrected chi connectivity index (χ1v) is 11.4. The first-order valence-electron chi connectivity index (χ1n) is 9.54. The van der Waals surface area contributed by atoms with Crippen molar-refractivity contribution in [2.75, 3.05) is 18.5 Å². The number of anilines is 1. The second-order valence-electron chi connectivity index (χ2n) is 6.52. The lowest BCUT2D eigenvalue weighted by Gasteiger charge is -2.18. The molecule has 0 atom stereocenters. The molecule has 0 fully saturated rings. The molecule has 164 valence electrons. The van der Waals surface area contributed by atoms with Gasteiger partial charge in [0.1, 0.15) is 21.7 Å². The Labute approximate surface area is 185 Å². The van der Waals surface area contributed by atoms with Gasteiger partial charge in [-0.1, -0.05) is 25.4 Å². The van der Waals surface area contributed by atoms with E-state index in [2.05, 4.69) is 20.6 Å². The highest BCUT2D eigenvalue weighted by Crippen LogP contribution is 2.22. The van der Waals surface area contributed by atoms with E-state index in [4.69, 9.17) is 11.6 Å². The Morgan fingerprint density at radius 3 is 2.45 bits per heavy atom. The summed E-state index contributed by atoms with van der Waals surface area (Å²) in [6.45, 7) is 6.11. The number of halogens is 2. The Morgan fingerprint density at radius 1 is 1.19 bits per heavy atom.